The fourth-order valence-corrected chi connectivity index (χ4v) is 8.54. The lowest BCUT2D eigenvalue weighted by Gasteiger charge is -2.61. The molecule has 2 nitrogen and oxygen atoms in total. The van der Waals surface area contributed by atoms with E-state index in [4.69, 9.17) is 0 Å². The second-order valence-corrected chi connectivity index (χ2v) is 10.9. The van der Waals surface area contributed by atoms with E-state index < -0.39 is 5.60 Å². The van der Waals surface area contributed by atoms with Gasteiger partial charge in [-0.25, -0.2) is 0 Å². The molecule has 0 saturated heterocycles. The molecular formula is C22H36O2. The minimum absolute atomic E-state index is 0.397. The van der Waals surface area contributed by atoms with Crippen molar-refractivity contribution in [2.75, 3.05) is 6.61 Å². The Hall–Kier alpha value is -0.0800. The van der Waals surface area contributed by atoms with E-state index in [0.717, 1.165) is 54.3 Å². The maximum Gasteiger partial charge on any atom is 0.0622 e. The highest BCUT2D eigenvalue weighted by atomic mass is 16.3. The summed E-state index contributed by atoms with van der Waals surface area (Å²) in [4.78, 5) is 0. The monoisotopic (exact) mass is 332 g/mol. The van der Waals surface area contributed by atoms with Gasteiger partial charge in [0.2, 0.25) is 0 Å². The zero-order valence-corrected chi connectivity index (χ0v) is 15.6. The quantitative estimate of drug-likeness (QED) is 0.754. The Balaban J connectivity index is 1.42. The third-order valence-electron chi connectivity index (χ3n) is 9.71. The number of rotatable bonds is 1. The van der Waals surface area contributed by atoms with E-state index in [1.807, 2.05) is 0 Å². The summed E-state index contributed by atoms with van der Waals surface area (Å²) in [5.74, 6) is 6.94. The van der Waals surface area contributed by atoms with Crippen LogP contribution in [0.4, 0.5) is 0 Å². The second-order valence-electron chi connectivity index (χ2n) is 10.9. The molecule has 2 heteroatoms. The maximum atomic E-state index is 10.5. The van der Waals surface area contributed by atoms with Gasteiger partial charge in [-0.3, -0.25) is 0 Å². The molecule has 0 heterocycles. The van der Waals surface area contributed by atoms with Gasteiger partial charge < -0.3 is 10.2 Å². The number of fused-ring (bicyclic) bond motifs is 7. The van der Waals surface area contributed by atoms with Crippen molar-refractivity contribution < 1.29 is 10.2 Å². The molecule has 24 heavy (non-hydrogen) atoms. The second kappa shape index (κ2) is 5.22. The Morgan fingerprint density at radius 3 is 2.42 bits per heavy atom. The van der Waals surface area contributed by atoms with Crippen LogP contribution in [-0.2, 0) is 0 Å². The zero-order chi connectivity index (χ0) is 16.7. The molecule has 10 atom stereocenters. The van der Waals surface area contributed by atoms with Gasteiger partial charge in [0, 0.05) is 6.61 Å². The number of hydrogen-bond acceptors (Lipinski definition) is 2. The van der Waals surface area contributed by atoms with E-state index in [0.29, 0.717) is 17.9 Å². The molecule has 0 radical (unpaired) electrons. The molecule has 0 aliphatic heterocycles. The van der Waals surface area contributed by atoms with Crippen LogP contribution in [0, 0.1) is 52.8 Å². The van der Waals surface area contributed by atoms with Crippen LogP contribution in [0.2, 0.25) is 0 Å². The first kappa shape index (κ1) is 16.1. The molecule has 0 spiro atoms. The summed E-state index contributed by atoms with van der Waals surface area (Å²) in [6, 6.07) is 0. The summed E-state index contributed by atoms with van der Waals surface area (Å²) in [7, 11) is 0. The van der Waals surface area contributed by atoms with Gasteiger partial charge in [-0.2, -0.15) is 0 Å². The smallest absolute Gasteiger partial charge is 0.0622 e. The average molecular weight is 333 g/mol. The van der Waals surface area contributed by atoms with Crippen molar-refractivity contribution in [2.24, 2.45) is 52.8 Å². The Labute approximate surface area is 147 Å². The van der Waals surface area contributed by atoms with Crippen molar-refractivity contribution >= 4 is 0 Å². The molecule has 0 unspecified atom stereocenters. The van der Waals surface area contributed by atoms with Gasteiger partial charge in [0.25, 0.3) is 0 Å². The lowest BCUT2D eigenvalue weighted by molar-refractivity contribution is -0.136. The van der Waals surface area contributed by atoms with E-state index >= 15 is 0 Å². The normalized spacial score (nSPS) is 62.0. The topological polar surface area (TPSA) is 40.5 Å². The minimum Gasteiger partial charge on any atom is -0.396 e. The molecule has 0 aromatic heterocycles. The molecule has 5 aliphatic carbocycles. The molecule has 5 rings (SSSR count). The third kappa shape index (κ3) is 2.21. The van der Waals surface area contributed by atoms with E-state index in [-0.39, 0.29) is 0 Å². The number of hydrogen-bond donors (Lipinski definition) is 2. The van der Waals surface area contributed by atoms with E-state index in [9.17, 15) is 10.2 Å². The Kier molecular flexibility index (Phi) is 3.51. The fraction of sp³-hybridized carbons (Fsp3) is 1.00. The molecule has 136 valence electrons. The van der Waals surface area contributed by atoms with Crippen LogP contribution in [0.25, 0.3) is 0 Å². The molecule has 5 aliphatic rings. The highest BCUT2D eigenvalue weighted by Crippen LogP contribution is 2.70. The summed E-state index contributed by atoms with van der Waals surface area (Å²) in [5, 5.41) is 20.6. The van der Waals surface area contributed by atoms with Gasteiger partial charge in [0.05, 0.1) is 5.60 Å². The SMILES string of the molecule is C[C@@]1(O)CC[C@H]2[C@H](CC[C@@H]3[C@@H]2CC[C@]2(C)[C@@H](CO)C[C@H]4C[C@H]4[C@@H]32)C1. The van der Waals surface area contributed by atoms with Crippen LogP contribution in [-0.4, -0.2) is 22.4 Å². The molecular weight excluding hydrogens is 296 g/mol. The summed E-state index contributed by atoms with van der Waals surface area (Å²) in [5.41, 5.74) is 0.0200. The predicted molar refractivity (Wildman–Crippen MR) is 95.3 cm³/mol. The highest BCUT2D eigenvalue weighted by Gasteiger charge is 2.64. The van der Waals surface area contributed by atoms with E-state index in [2.05, 4.69) is 13.8 Å². The van der Waals surface area contributed by atoms with Crippen LogP contribution in [0.5, 0.6) is 0 Å². The first-order chi connectivity index (χ1) is 11.4. The largest absolute Gasteiger partial charge is 0.396 e. The average Bonchev–Trinajstić information content (AvgIpc) is 3.30. The highest BCUT2D eigenvalue weighted by molar-refractivity contribution is 5.12. The van der Waals surface area contributed by atoms with E-state index in [1.165, 1.54) is 44.9 Å². The Morgan fingerprint density at radius 2 is 1.62 bits per heavy atom. The first-order valence-electron chi connectivity index (χ1n) is 10.8. The molecule has 0 amide bonds. The van der Waals surface area contributed by atoms with Gasteiger partial charge in [0.1, 0.15) is 0 Å². The lowest BCUT2D eigenvalue weighted by atomic mass is 9.45. The summed E-state index contributed by atoms with van der Waals surface area (Å²) >= 11 is 0. The van der Waals surface area contributed by atoms with Crippen molar-refractivity contribution in [1.29, 1.82) is 0 Å². The Morgan fingerprint density at radius 1 is 0.833 bits per heavy atom. The summed E-state index contributed by atoms with van der Waals surface area (Å²) < 4.78 is 0. The van der Waals surface area contributed by atoms with Crippen molar-refractivity contribution in [1.82, 2.24) is 0 Å². The van der Waals surface area contributed by atoms with Gasteiger partial charge in [-0.15, -0.1) is 0 Å². The van der Waals surface area contributed by atoms with Crippen molar-refractivity contribution in [3.05, 3.63) is 0 Å². The van der Waals surface area contributed by atoms with Crippen LogP contribution in [0.1, 0.15) is 71.6 Å². The fourth-order valence-electron chi connectivity index (χ4n) is 8.54. The first-order valence-corrected chi connectivity index (χ1v) is 10.8. The standard InChI is InChI=1S/C22H36O2/c1-21(24)7-5-16-13(11-21)3-4-18-17(16)6-8-22(2)15(12-23)9-14-10-19(14)20(18)22/h13-20,23-24H,3-12H2,1-2H3/t13-,14+,15-,16+,17-,18-,19-,20-,21-,22-/m1/s1. The summed E-state index contributed by atoms with van der Waals surface area (Å²) in [6.07, 6.45) is 11.6. The zero-order valence-electron chi connectivity index (χ0n) is 15.6. The number of aliphatic hydroxyl groups is 2. The predicted octanol–water partition coefficient (Wildman–Crippen LogP) is 4.24. The minimum atomic E-state index is -0.397. The van der Waals surface area contributed by atoms with E-state index in [1.54, 1.807) is 0 Å². The van der Waals surface area contributed by atoms with Crippen molar-refractivity contribution in [3.63, 3.8) is 0 Å². The summed E-state index contributed by atoms with van der Waals surface area (Å²) in [6.45, 7) is 5.03. The maximum absolute atomic E-state index is 10.5. The van der Waals surface area contributed by atoms with Crippen LogP contribution < -0.4 is 0 Å². The van der Waals surface area contributed by atoms with Gasteiger partial charge in [0.15, 0.2) is 0 Å². The van der Waals surface area contributed by atoms with Gasteiger partial charge in [-0.05, 0) is 117 Å². The molecule has 2 N–H and O–H groups in total. The molecule has 5 saturated carbocycles. The molecule has 5 fully saturated rings. The van der Waals surface area contributed by atoms with Crippen molar-refractivity contribution in [2.45, 2.75) is 77.2 Å². The van der Waals surface area contributed by atoms with Crippen LogP contribution >= 0.6 is 0 Å². The third-order valence-corrected chi connectivity index (χ3v) is 9.71. The van der Waals surface area contributed by atoms with Gasteiger partial charge >= 0.3 is 0 Å². The molecule has 0 bridgehead atoms. The van der Waals surface area contributed by atoms with Gasteiger partial charge in [-0.1, -0.05) is 6.92 Å². The molecule has 0 aromatic rings. The lowest BCUT2D eigenvalue weighted by Crippen LogP contribution is -2.55. The molecule has 0 aromatic carbocycles. The van der Waals surface area contributed by atoms with Crippen molar-refractivity contribution in [3.8, 4) is 0 Å². The number of aliphatic hydroxyl groups excluding tert-OH is 1. The van der Waals surface area contributed by atoms with Crippen LogP contribution in [0.3, 0.4) is 0 Å². The Bertz CT molecular complexity index is 514. The van der Waals surface area contributed by atoms with Crippen LogP contribution in [0.15, 0.2) is 0 Å².